The Bertz CT molecular complexity index is 967. The van der Waals surface area contributed by atoms with Gasteiger partial charge in [0.1, 0.15) is 11.4 Å². The number of H-pyrrole nitrogens is 1. The normalized spacial score (nSPS) is 12.5. The van der Waals surface area contributed by atoms with Crippen LogP contribution in [0, 0.1) is 13.8 Å². The molecule has 3 rings (SSSR count). The van der Waals surface area contributed by atoms with Gasteiger partial charge in [-0.25, -0.2) is 0 Å². The van der Waals surface area contributed by atoms with Gasteiger partial charge in [-0.15, -0.1) is 0 Å². The van der Waals surface area contributed by atoms with E-state index < -0.39 is 0 Å². The van der Waals surface area contributed by atoms with Gasteiger partial charge in [0.25, 0.3) is 5.56 Å². The molecule has 0 radical (unpaired) electrons. The summed E-state index contributed by atoms with van der Waals surface area (Å²) < 4.78 is 6.95. The minimum absolute atomic E-state index is 0.120. The summed E-state index contributed by atoms with van der Waals surface area (Å²) in [6, 6.07) is 3.40. The number of rotatable bonds is 5. The third kappa shape index (κ3) is 3.22. The molecule has 132 valence electrons. The van der Waals surface area contributed by atoms with E-state index in [2.05, 4.69) is 15.4 Å². The number of aromatic nitrogens is 3. The minimum Gasteiger partial charge on any atom is -0.467 e. The molecule has 0 aliphatic heterocycles. The molecule has 0 fully saturated rings. The predicted octanol–water partition coefficient (Wildman–Crippen LogP) is 2.28. The van der Waals surface area contributed by atoms with Gasteiger partial charge in [0.05, 0.1) is 18.0 Å². The number of aromatic amines is 1. The quantitative estimate of drug-likeness (QED) is 0.744. The molecule has 7 nitrogen and oxygen atoms in total. The average molecular weight is 342 g/mol. The van der Waals surface area contributed by atoms with E-state index in [4.69, 9.17) is 4.42 Å². The maximum absolute atomic E-state index is 12.4. The number of nitrogens with zero attached hydrogens (tertiary/aromatic N) is 2. The number of aryl methyl sites for hydroxylation is 3. The zero-order valence-electron chi connectivity index (χ0n) is 14.8. The van der Waals surface area contributed by atoms with Gasteiger partial charge in [0.2, 0.25) is 5.91 Å². The highest BCUT2D eigenvalue weighted by atomic mass is 16.3. The van der Waals surface area contributed by atoms with E-state index in [9.17, 15) is 9.59 Å². The van der Waals surface area contributed by atoms with Gasteiger partial charge < -0.3 is 14.7 Å². The summed E-state index contributed by atoms with van der Waals surface area (Å²) in [7, 11) is 1.80. The monoisotopic (exact) mass is 342 g/mol. The summed E-state index contributed by atoms with van der Waals surface area (Å²) in [6.45, 7) is 5.68. The van der Waals surface area contributed by atoms with Crippen LogP contribution >= 0.6 is 0 Å². The van der Waals surface area contributed by atoms with E-state index in [-0.39, 0.29) is 23.9 Å². The van der Waals surface area contributed by atoms with Crippen molar-refractivity contribution in [2.24, 2.45) is 7.05 Å². The third-order valence-electron chi connectivity index (χ3n) is 4.51. The first kappa shape index (κ1) is 17.0. The number of hydrogen-bond acceptors (Lipinski definition) is 4. The number of pyridine rings is 1. The van der Waals surface area contributed by atoms with Crippen molar-refractivity contribution in [2.75, 3.05) is 0 Å². The number of amides is 1. The van der Waals surface area contributed by atoms with Crippen molar-refractivity contribution >= 4 is 16.9 Å². The minimum atomic E-state index is -0.204. The number of hydrogen-bond donors (Lipinski definition) is 2. The lowest BCUT2D eigenvalue weighted by molar-refractivity contribution is -0.121. The molecule has 0 aliphatic carbocycles. The zero-order valence-corrected chi connectivity index (χ0v) is 14.8. The van der Waals surface area contributed by atoms with E-state index >= 15 is 0 Å². The van der Waals surface area contributed by atoms with E-state index in [1.54, 1.807) is 24.1 Å². The summed E-state index contributed by atoms with van der Waals surface area (Å²) >= 11 is 0. The fourth-order valence-electron chi connectivity index (χ4n) is 3.22. The van der Waals surface area contributed by atoms with Crippen molar-refractivity contribution in [3.05, 3.63) is 51.3 Å². The summed E-state index contributed by atoms with van der Waals surface area (Å²) in [5, 5.41) is 8.18. The molecular formula is C18H22N4O3. The Balaban J connectivity index is 1.76. The molecule has 0 aliphatic rings. The van der Waals surface area contributed by atoms with E-state index in [1.807, 2.05) is 26.8 Å². The lowest BCUT2D eigenvalue weighted by atomic mass is 10.0. The molecule has 0 saturated carbocycles. The van der Waals surface area contributed by atoms with Crippen LogP contribution in [-0.4, -0.2) is 20.7 Å². The Morgan fingerprint density at radius 3 is 2.88 bits per heavy atom. The predicted molar refractivity (Wildman–Crippen MR) is 94.4 cm³/mol. The van der Waals surface area contributed by atoms with Gasteiger partial charge in [-0.3, -0.25) is 14.3 Å². The molecule has 0 saturated heterocycles. The molecule has 7 heteroatoms. The van der Waals surface area contributed by atoms with Gasteiger partial charge in [-0.2, -0.15) is 5.10 Å². The highest BCUT2D eigenvalue weighted by molar-refractivity contribution is 5.83. The molecule has 0 spiro atoms. The van der Waals surface area contributed by atoms with E-state index in [1.165, 1.54) is 0 Å². The Labute approximate surface area is 145 Å². The van der Waals surface area contributed by atoms with Crippen molar-refractivity contribution < 1.29 is 9.21 Å². The van der Waals surface area contributed by atoms with Crippen LogP contribution in [0.5, 0.6) is 0 Å². The van der Waals surface area contributed by atoms with Crippen LogP contribution in [0.25, 0.3) is 11.0 Å². The average Bonchev–Trinajstić information content (AvgIpc) is 3.16. The molecule has 1 amide bonds. The summed E-state index contributed by atoms with van der Waals surface area (Å²) in [4.78, 5) is 27.5. The van der Waals surface area contributed by atoms with Crippen LogP contribution in [0.3, 0.4) is 0 Å². The Hall–Kier alpha value is -2.83. The van der Waals surface area contributed by atoms with Crippen molar-refractivity contribution in [1.82, 2.24) is 20.1 Å². The van der Waals surface area contributed by atoms with Crippen molar-refractivity contribution in [2.45, 2.75) is 39.7 Å². The topological polar surface area (TPSA) is 92.9 Å². The molecule has 3 heterocycles. The highest BCUT2D eigenvalue weighted by Gasteiger charge is 2.17. The van der Waals surface area contributed by atoms with Gasteiger partial charge in [-0.05, 0) is 44.9 Å². The van der Waals surface area contributed by atoms with Crippen LogP contribution in [0.4, 0.5) is 0 Å². The first-order valence-electron chi connectivity index (χ1n) is 8.26. The van der Waals surface area contributed by atoms with Crippen LogP contribution in [0.2, 0.25) is 0 Å². The molecule has 1 unspecified atom stereocenters. The molecule has 1 atom stereocenters. The summed E-state index contributed by atoms with van der Waals surface area (Å²) in [5.41, 5.74) is 2.92. The zero-order chi connectivity index (χ0) is 18.1. The molecule has 25 heavy (non-hydrogen) atoms. The third-order valence-corrected chi connectivity index (χ3v) is 4.51. The fourth-order valence-corrected chi connectivity index (χ4v) is 3.22. The standard InChI is InChI=1S/C18H22N4O3/c1-10-13(18(24)20-17-16(10)12(3)21-22(17)4)7-8-15(23)19-11(2)14-6-5-9-25-14/h5-6,9,11H,7-8H2,1-4H3,(H,19,23)(H,20,24). The van der Waals surface area contributed by atoms with Crippen molar-refractivity contribution in [3.8, 4) is 0 Å². The second-order valence-corrected chi connectivity index (χ2v) is 6.29. The lowest BCUT2D eigenvalue weighted by Gasteiger charge is -2.12. The van der Waals surface area contributed by atoms with Crippen molar-refractivity contribution in [1.29, 1.82) is 0 Å². The number of carbonyl (C=O) groups excluding carboxylic acids is 1. The number of fused-ring (bicyclic) bond motifs is 1. The van der Waals surface area contributed by atoms with Crippen molar-refractivity contribution in [3.63, 3.8) is 0 Å². The SMILES string of the molecule is Cc1nn(C)c2[nH]c(=O)c(CCC(=O)NC(C)c3ccco3)c(C)c12. The largest absolute Gasteiger partial charge is 0.467 e. The first-order chi connectivity index (χ1) is 11.9. The molecule has 0 bridgehead atoms. The van der Waals surface area contributed by atoms with Gasteiger partial charge in [-0.1, -0.05) is 0 Å². The van der Waals surface area contributed by atoms with Crippen LogP contribution in [-0.2, 0) is 18.3 Å². The molecule has 0 aromatic carbocycles. The van der Waals surface area contributed by atoms with E-state index in [0.717, 1.165) is 16.6 Å². The summed E-state index contributed by atoms with van der Waals surface area (Å²) in [5.74, 6) is 0.584. The Morgan fingerprint density at radius 2 is 2.20 bits per heavy atom. The smallest absolute Gasteiger partial charge is 0.253 e. The van der Waals surface area contributed by atoms with Gasteiger partial charge in [0, 0.05) is 24.4 Å². The maximum Gasteiger partial charge on any atom is 0.253 e. The van der Waals surface area contributed by atoms with E-state index in [0.29, 0.717) is 23.4 Å². The Morgan fingerprint density at radius 1 is 1.44 bits per heavy atom. The number of carbonyl (C=O) groups is 1. The van der Waals surface area contributed by atoms with Crippen LogP contribution < -0.4 is 10.9 Å². The fraction of sp³-hybridized carbons (Fsp3) is 0.389. The number of nitrogens with one attached hydrogen (secondary N) is 2. The maximum atomic E-state index is 12.4. The molecule has 3 aromatic heterocycles. The summed E-state index contributed by atoms with van der Waals surface area (Å²) in [6.07, 6.45) is 2.19. The van der Waals surface area contributed by atoms with Gasteiger partial charge in [0.15, 0.2) is 0 Å². The highest BCUT2D eigenvalue weighted by Crippen LogP contribution is 2.21. The second-order valence-electron chi connectivity index (χ2n) is 6.29. The second kappa shape index (κ2) is 6.58. The van der Waals surface area contributed by atoms with Crippen LogP contribution in [0.1, 0.15) is 42.0 Å². The van der Waals surface area contributed by atoms with Gasteiger partial charge >= 0.3 is 0 Å². The molecular weight excluding hydrogens is 320 g/mol. The van der Waals surface area contributed by atoms with Crippen LogP contribution in [0.15, 0.2) is 27.6 Å². The number of furan rings is 1. The first-order valence-corrected chi connectivity index (χ1v) is 8.26. The lowest BCUT2D eigenvalue weighted by Crippen LogP contribution is -2.27. The molecule has 3 aromatic rings. The Kier molecular flexibility index (Phi) is 4.48. The molecule has 2 N–H and O–H groups in total.